The molecule has 0 aliphatic carbocycles. The van der Waals surface area contributed by atoms with Crippen LogP contribution in [0.5, 0.6) is 0 Å². The van der Waals surface area contributed by atoms with Crippen LogP contribution in [0.3, 0.4) is 0 Å². The highest BCUT2D eigenvalue weighted by Crippen LogP contribution is 1.90. The SMILES string of the molecule is CS(=O)(=O)OCCOCCOCCCS(=O)(=O)O. The van der Waals surface area contributed by atoms with Gasteiger partial charge in [-0.3, -0.25) is 8.74 Å². The summed E-state index contributed by atoms with van der Waals surface area (Å²) < 4.78 is 64.6. The Labute approximate surface area is 107 Å². The van der Waals surface area contributed by atoms with Crippen LogP contribution in [0.25, 0.3) is 0 Å². The lowest BCUT2D eigenvalue weighted by molar-refractivity contribution is 0.0375. The van der Waals surface area contributed by atoms with Gasteiger partial charge in [-0.15, -0.1) is 0 Å². The Balaban J connectivity index is 3.22. The number of hydrogen-bond acceptors (Lipinski definition) is 7. The normalized spacial score (nSPS) is 12.8. The molecule has 0 spiro atoms. The van der Waals surface area contributed by atoms with Crippen molar-refractivity contribution in [3.63, 3.8) is 0 Å². The van der Waals surface area contributed by atoms with E-state index in [4.69, 9.17) is 14.0 Å². The quantitative estimate of drug-likeness (QED) is 0.302. The summed E-state index contributed by atoms with van der Waals surface area (Å²) in [5.74, 6) is -0.337. The van der Waals surface area contributed by atoms with E-state index >= 15 is 0 Å². The topological polar surface area (TPSA) is 116 Å². The summed E-state index contributed by atoms with van der Waals surface area (Å²) in [6, 6.07) is 0. The minimum atomic E-state index is -3.93. The second-order valence-corrected chi connectivity index (χ2v) is 6.61. The zero-order valence-corrected chi connectivity index (χ0v) is 11.7. The maximum absolute atomic E-state index is 10.5. The molecule has 0 heterocycles. The highest BCUT2D eigenvalue weighted by atomic mass is 32.2. The molecule has 0 amide bonds. The Morgan fingerprint density at radius 3 is 1.89 bits per heavy atom. The van der Waals surface area contributed by atoms with E-state index in [1.807, 2.05) is 0 Å². The van der Waals surface area contributed by atoms with Crippen molar-refractivity contribution in [1.29, 1.82) is 0 Å². The van der Waals surface area contributed by atoms with Crippen molar-refractivity contribution in [3.8, 4) is 0 Å². The van der Waals surface area contributed by atoms with Gasteiger partial charge in [0.2, 0.25) is 0 Å². The van der Waals surface area contributed by atoms with Gasteiger partial charge in [0, 0.05) is 6.61 Å². The lowest BCUT2D eigenvalue weighted by Crippen LogP contribution is -2.13. The van der Waals surface area contributed by atoms with Crippen molar-refractivity contribution < 1.29 is 35.0 Å². The van der Waals surface area contributed by atoms with E-state index < -0.39 is 20.2 Å². The van der Waals surface area contributed by atoms with Crippen molar-refractivity contribution in [3.05, 3.63) is 0 Å². The number of rotatable bonds is 11. The van der Waals surface area contributed by atoms with Gasteiger partial charge in [-0.05, 0) is 6.42 Å². The Hall–Kier alpha value is -0.260. The van der Waals surface area contributed by atoms with Crippen molar-refractivity contribution >= 4 is 20.2 Å². The molecule has 1 N–H and O–H groups in total. The van der Waals surface area contributed by atoms with E-state index in [2.05, 4.69) is 4.18 Å². The van der Waals surface area contributed by atoms with Crippen LogP contribution < -0.4 is 0 Å². The van der Waals surface area contributed by atoms with Gasteiger partial charge in [-0.25, -0.2) is 0 Å². The molecule has 0 aromatic heterocycles. The molecule has 0 radical (unpaired) electrons. The van der Waals surface area contributed by atoms with Crippen molar-refractivity contribution in [2.24, 2.45) is 0 Å². The molecule has 0 bridgehead atoms. The molecule has 10 heteroatoms. The maximum Gasteiger partial charge on any atom is 0.264 e. The molecule has 0 aromatic carbocycles. The summed E-state index contributed by atoms with van der Waals surface area (Å²) >= 11 is 0. The van der Waals surface area contributed by atoms with Crippen LogP contribution in [0.4, 0.5) is 0 Å². The van der Waals surface area contributed by atoms with Crippen LogP contribution in [-0.2, 0) is 33.9 Å². The molecule has 0 saturated carbocycles. The predicted octanol–water partition coefficient (Wildman–Crippen LogP) is -0.726. The summed E-state index contributed by atoms with van der Waals surface area (Å²) in [4.78, 5) is 0. The van der Waals surface area contributed by atoms with E-state index in [1.54, 1.807) is 0 Å². The van der Waals surface area contributed by atoms with E-state index in [1.165, 1.54) is 0 Å². The van der Waals surface area contributed by atoms with Gasteiger partial charge in [0.1, 0.15) is 0 Å². The highest BCUT2D eigenvalue weighted by molar-refractivity contribution is 7.86. The largest absolute Gasteiger partial charge is 0.379 e. The molecule has 0 unspecified atom stereocenters. The summed E-state index contributed by atoms with van der Waals surface area (Å²) in [6.07, 6.45) is 1.15. The Kier molecular flexibility index (Phi) is 8.65. The Morgan fingerprint density at radius 1 is 0.889 bits per heavy atom. The molecule has 0 aliphatic rings. The molecule has 18 heavy (non-hydrogen) atoms. The molecular formula is C8H18O8S2. The average Bonchev–Trinajstić information content (AvgIpc) is 2.17. The molecule has 0 fully saturated rings. The van der Waals surface area contributed by atoms with Crippen molar-refractivity contribution in [2.45, 2.75) is 6.42 Å². The van der Waals surface area contributed by atoms with E-state index in [9.17, 15) is 16.8 Å². The first-order chi connectivity index (χ1) is 8.21. The Morgan fingerprint density at radius 2 is 1.39 bits per heavy atom. The molecule has 0 aliphatic heterocycles. The van der Waals surface area contributed by atoms with Crippen LogP contribution in [0.1, 0.15) is 6.42 Å². The van der Waals surface area contributed by atoms with Gasteiger partial charge < -0.3 is 9.47 Å². The van der Waals surface area contributed by atoms with E-state index in [-0.39, 0.29) is 45.2 Å². The van der Waals surface area contributed by atoms with Gasteiger partial charge in [-0.2, -0.15) is 16.8 Å². The van der Waals surface area contributed by atoms with Crippen LogP contribution in [0.15, 0.2) is 0 Å². The molecular weight excluding hydrogens is 288 g/mol. The van der Waals surface area contributed by atoms with Crippen LogP contribution >= 0.6 is 0 Å². The average molecular weight is 306 g/mol. The van der Waals surface area contributed by atoms with Gasteiger partial charge in [0.05, 0.1) is 38.4 Å². The van der Waals surface area contributed by atoms with E-state index in [0.717, 1.165) is 6.26 Å². The lowest BCUT2D eigenvalue weighted by Gasteiger charge is -2.05. The predicted molar refractivity (Wildman–Crippen MR) is 63.5 cm³/mol. The highest BCUT2D eigenvalue weighted by Gasteiger charge is 2.03. The van der Waals surface area contributed by atoms with Crippen molar-refractivity contribution in [2.75, 3.05) is 45.0 Å². The third-order valence-corrected chi connectivity index (χ3v) is 2.99. The zero-order valence-electron chi connectivity index (χ0n) is 10.1. The molecule has 0 saturated heterocycles. The van der Waals surface area contributed by atoms with Crippen LogP contribution in [0, 0.1) is 0 Å². The van der Waals surface area contributed by atoms with Gasteiger partial charge in [0.25, 0.3) is 20.2 Å². The zero-order chi connectivity index (χ0) is 14.1. The van der Waals surface area contributed by atoms with Crippen LogP contribution in [0.2, 0.25) is 0 Å². The second-order valence-electron chi connectivity index (χ2n) is 3.39. The Bertz CT molecular complexity index is 359. The number of ether oxygens (including phenoxy) is 2. The minimum Gasteiger partial charge on any atom is -0.379 e. The third-order valence-electron chi connectivity index (χ3n) is 1.59. The van der Waals surface area contributed by atoms with E-state index in [0.29, 0.717) is 0 Å². The third kappa shape index (κ3) is 15.7. The molecule has 8 nitrogen and oxygen atoms in total. The molecule has 110 valence electrons. The summed E-state index contributed by atoms with van der Waals surface area (Å²) in [6.45, 7) is 0.773. The first kappa shape index (κ1) is 17.7. The summed E-state index contributed by atoms with van der Waals surface area (Å²) in [5.41, 5.74) is 0. The minimum absolute atomic E-state index is 0.0540. The first-order valence-corrected chi connectivity index (χ1v) is 8.58. The second kappa shape index (κ2) is 8.77. The van der Waals surface area contributed by atoms with Crippen molar-refractivity contribution in [1.82, 2.24) is 0 Å². The smallest absolute Gasteiger partial charge is 0.264 e. The van der Waals surface area contributed by atoms with Gasteiger partial charge >= 0.3 is 0 Å². The molecule has 0 rings (SSSR count). The number of hydrogen-bond donors (Lipinski definition) is 1. The fourth-order valence-electron chi connectivity index (χ4n) is 0.910. The van der Waals surface area contributed by atoms with Crippen LogP contribution in [-0.4, -0.2) is 66.4 Å². The first-order valence-electron chi connectivity index (χ1n) is 5.16. The fraction of sp³-hybridized carbons (Fsp3) is 1.00. The lowest BCUT2D eigenvalue weighted by atomic mass is 10.5. The standard InChI is InChI=1S/C8H18O8S2/c1-17(9,10)16-7-6-15-5-4-14-3-2-8-18(11,12)13/h2-8H2,1H3,(H,11,12,13). The monoisotopic (exact) mass is 306 g/mol. The molecule has 0 atom stereocenters. The molecule has 0 aromatic rings. The fourth-order valence-corrected chi connectivity index (χ4v) is 1.76. The van der Waals surface area contributed by atoms with Gasteiger partial charge in [0.15, 0.2) is 0 Å². The van der Waals surface area contributed by atoms with Gasteiger partial charge in [-0.1, -0.05) is 0 Å². The maximum atomic E-state index is 10.5. The summed E-state index contributed by atoms with van der Waals surface area (Å²) in [5, 5.41) is 0. The summed E-state index contributed by atoms with van der Waals surface area (Å²) in [7, 11) is -7.36.